The summed E-state index contributed by atoms with van der Waals surface area (Å²) in [6, 6.07) is 9.56. The molecule has 0 atom stereocenters. The maximum absolute atomic E-state index is 10.8. The first kappa shape index (κ1) is 12.9. The van der Waals surface area contributed by atoms with E-state index in [1.165, 1.54) is 18.2 Å². The zero-order chi connectivity index (χ0) is 13.8. The van der Waals surface area contributed by atoms with Crippen LogP contribution in [0, 0.1) is 11.3 Å². The maximum Gasteiger partial charge on any atom is 0.335 e. The Balaban J connectivity index is 2.34. The van der Waals surface area contributed by atoms with Gasteiger partial charge in [0.1, 0.15) is 11.9 Å². The number of pyridine rings is 1. The van der Waals surface area contributed by atoms with Crippen molar-refractivity contribution in [3.63, 3.8) is 0 Å². The molecule has 0 bridgehead atoms. The number of aromatic carboxylic acids is 1. The molecular formula is C13H8ClN3O2. The van der Waals surface area contributed by atoms with Gasteiger partial charge in [0.2, 0.25) is 0 Å². The van der Waals surface area contributed by atoms with Crippen LogP contribution in [0.5, 0.6) is 0 Å². The van der Waals surface area contributed by atoms with Crippen LogP contribution in [-0.4, -0.2) is 16.1 Å². The van der Waals surface area contributed by atoms with Gasteiger partial charge >= 0.3 is 5.97 Å². The number of nitriles is 1. The summed E-state index contributed by atoms with van der Waals surface area (Å²) in [6.07, 6.45) is 1.54. The Labute approximate surface area is 114 Å². The molecule has 0 aliphatic carbocycles. The predicted octanol–water partition coefficient (Wildman–Crippen LogP) is 3.05. The first-order valence-corrected chi connectivity index (χ1v) is 5.64. The van der Waals surface area contributed by atoms with Crippen LogP contribution in [0.25, 0.3) is 0 Å². The molecule has 6 heteroatoms. The zero-order valence-electron chi connectivity index (χ0n) is 9.59. The molecule has 1 aromatic carbocycles. The lowest BCUT2D eigenvalue weighted by molar-refractivity contribution is 0.0697. The van der Waals surface area contributed by atoms with E-state index in [-0.39, 0.29) is 10.6 Å². The third kappa shape index (κ3) is 2.81. The number of nitrogens with zero attached hydrogens (tertiary/aromatic N) is 2. The van der Waals surface area contributed by atoms with E-state index in [2.05, 4.69) is 10.3 Å². The molecule has 19 heavy (non-hydrogen) atoms. The fourth-order valence-electron chi connectivity index (χ4n) is 1.47. The molecule has 0 aliphatic rings. The summed E-state index contributed by atoms with van der Waals surface area (Å²) in [6.45, 7) is 0. The predicted molar refractivity (Wildman–Crippen MR) is 70.6 cm³/mol. The summed E-state index contributed by atoms with van der Waals surface area (Å²) in [4.78, 5) is 14.8. The van der Waals surface area contributed by atoms with E-state index in [0.29, 0.717) is 17.1 Å². The molecule has 0 saturated carbocycles. The number of hydrogen-bond acceptors (Lipinski definition) is 4. The van der Waals surface area contributed by atoms with Crippen molar-refractivity contribution in [3.8, 4) is 6.07 Å². The van der Waals surface area contributed by atoms with Crippen molar-refractivity contribution in [3.05, 3.63) is 52.7 Å². The van der Waals surface area contributed by atoms with Crippen molar-refractivity contribution in [2.75, 3.05) is 5.32 Å². The van der Waals surface area contributed by atoms with Gasteiger partial charge in [0.05, 0.1) is 21.8 Å². The summed E-state index contributed by atoms with van der Waals surface area (Å²) in [7, 11) is 0. The molecule has 0 aliphatic heterocycles. The summed E-state index contributed by atoms with van der Waals surface area (Å²) < 4.78 is 0. The van der Waals surface area contributed by atoms with Gasteiger partial charge in [-0.05, 0) is 30.3 Å². The molecule has 0 amide bonds. The van der Waals surface area contributed by atoms with Gasteiger partial charge in [-0.25, -0.2) is 9.78 Å². The van der Waals surface area contributed by atoms with Crippen molar-refractivity contribution >= 4 is 29.1 Å². The van der Waals surface area contributed by atoms with Crippen molar-refractivity contribution in [2.45, 2.75) is 0 Å². The van der Waals surface area contributed by atoms with Gasteiger partial charge < -0.3 is 10.4 Å². The average Bonchev–Trinajstić information content (AvgIpc) is 2.41. The Morgan fingerprint density at radius 2 is 2.21 bits per heavy atom. The van der Waals surface area contributed by atoms with E-state index >= 15 is 0 Å². The number of rotatable bonds is 3. The molecule has 1 heterocycles. The highest BCUT2D eigenvalue weighted by Gasteiger charge is 2.09. The number of hydrogen-bond donors (Lipinski definition) is 2. The van der Waals surface area contributed by atoms with E-state index in [0.717, 1.165) is 0 Å². The fraction of sp³-hybridized carbons (Fsp3) is 0. The van der Waals surface area contributed by atoms with Crippen LogP contribution in [0.15, 0.2) is 36.5 Å². The third-order valence-electron chi connectivity index (χ3n) is 2.40. The normalized spacial score (nSPS) is 9.68. The molecule has 0 fully saturated rings. The largest absolute Gasteiger partial charge is 0.478 e. The van der Waals surface area contributed by atoms with Crippen molar-refractivity contribution in [2.24, 2.45) is 0 Å². The summed E-state index contributed by atoms with van der Waals surface area (Å²) in [5.41, 5.74) is 0.958. The quantitative estimate of drug-likeness (QED) is 0.897. The highest BCUT2D eigenvalue weighted by molar-refractivity contribution is 6.33. The second-order valence-electron chi connectivity index (χ2n) is 3.64. The molecule has 0 saturated heterocycles. The van der Waals surface area contributed by atoms with Crippen molar-refractivity contribution in [1.82, 2.24) is 4.98 Å². The maximum atomic E-state index is 10.8. The molecule has 1 aromatic heterocycles. The minimum absolute atomic E-state index is 0.0945. The zero-order valence-corrected chi connectivity index (χ0v) is 10.3. The molecule has 2 aromatic rings. The van der Waals surface area contributed by atoms with Gasteiger partial charge in [-0.2, -0.15) is 5.26 Å². The lowest BCUT2D eigenvalue weighted by Crippen LogP contribution is -2.00. The van der Waals surface area contributed by atoms with Gasteiger partial charge in [0, 0.05) is 6.20 Å². The van der Waals surface area contributed by atoms with Gasteiger partial charge in [0.15, 0.2) is 0 Å². The van der Waals surface area contributed by atoms with E-state index in [9.17, 15) is 4.79 Å². The minimum Gasteiger partial charge on any atom is -0.478 e. The summed E-state index contributed by atoms with van der Waals surface area (Å²) >= 11 is 5.98. The standard InChI is InChI=1S/C13H8ClN3O2/c14-10-6-8(13(18)19)3-4-11(10)17-12-9(7-15)2-1-5-16-12/h1-6H,(H,16,17)(H,18,19). The van der Waals surface area contributed by atoms with Crippen LogP contribution in [-0.2, 0) is 0 Å². The Hall–Kier alpha value is -2.58. The number of carbonyl (C=O) groups is 1. The smallest absolute Gasteiger partial charge is 0.335 e. The van der Waals surface area contributed by atoms with Crippen molar-refractivity contribution in [1.29, 1.82) is 5.26 Å². The fourth-order valence-corrected chi connectivity index (χ4v) is 1.70. The molecule has 94 valence electrons. The Kier molecular flexibility index (Phi) is 3.64. The molecule has 0 radical (unpaired) electrons. The van der Waals surface area contributed by atoms with Crippen LogP contribution in [0.1, 0.15) is 15.9 Å². The number of carboxylic acids is 1. The molecule has 0 unspecified atom stereocenters. The third-order valence-corrected chi connectivity index (χ3v) is 2.71. The average molecular weight is 274 g/mol. The lowest BCUT2D eigenvalue weighted by atomic mass is 10.2. The number of halogens is 1. The van der Waals surface area contributed by atoms with Crippen LogP contribution >= 0.6 is 11.6 Å². The van der Waals surface area contributed by atoms with Crippen LogP contribution in [0.4, 0.5) is 11.5 Å². The minimum atomic E-state index is -1.05. The Bertz CT molecular complexity index is 680. The first-order valence-electron chi connectivity index (χ1n) is 5.27. The van der Waals surface area contributed by atoms with E-state index < -0.39 is 5.97 Å². The highest BCUT2D eigenvalue weighted by atomic mass is 35.5. The molecule has 2 N–H and O–H groups in total. The summed E-state index contributed by atoms with van der Waals surface area (Å²) in [5, 5.41) is 20.9. The topological polar surface area (TPSA) is 86.0 Å². The van der Waals surface area contributed by atoms with Gasteiger partial charge in [-0.3, -0.25) is 0 Å². The number of carboxylic acid groups (broad SMARTS) is 1. The molecule has 2 rings (SSSR count). The highest BCUT2D eigenvalue weighted by Crippen LogP contribution is 2.26. The second kappa shape index (κ2) is 5.38. The van der Waals surface area contributed by atoms with E-state index in [1.54, 1.807) is 18.3 Å². The van der Waals surface area contributed by atoms with E-state index in [1.807, 2.05) is 6.07 Å². The van der Waals surface area contributed by atoms with Crippen LogP contribution < -0.4 is 5.32 Å². The molecule has 0 spiro atoms. The molecule has 5 nitrogen and oxygen atoms in total. The van der Waals surface area contributed by atoms with Crippen LogP contribution in [0.2, 0.25) is 5.02 Å². The summed E-state index contributed by atoms with van der Waals surface area (Å²) in [5.74, 6) is -0.682. The first-order chi connectivity index (χ1) is 9.11. The SMILES string of the molecule is N#Cc1cccnc1Nc1ccc(C(=O)O)cc1Cl. The molecular weight excluding hydrogens is 266 g/mol. The monoisotopic (exact) mass is 273 g/mol. The Morgan fingerprint density at radius 3 is 2.84 bits per heavy atom. The Morgan fingerprint density at radius 1 is 1.42 bits per heavy atom. The van der Waals surface area contributed by atoms with Gasteiger partial charge in [0.25, 0.3) is 0 Å². The van der Waals surface area contributed by atoms with Gasteiger partial charge in [-0.1, -0.05) is 11.6 Å². The van der Waals surface area contributed by atoms with Crippen molar-refractivity contribution < 1.29 is 9.90 Å². The second-order valence-corrected chi connectivity index (χ2v) is 4.04. The van der Waals surface area contributed by atoms with Crippen LogP contribution in [0.3, 0.4) is 0 Å². The number of aromatic nitrogens is 1. The van der Waals surface area contributed by atoms with E-state index in [4.69, 9.17) is 22.0 Å². The van der Waals surface area contributed by atoms with Gasteiger partial charge in [-0.15, -0.1) is 0 Å². The lowest BCUT2D eigenvalue weighted by Gasteiger charge is -2.09. The number of benzene rings is 1. The number of nitrogens with one attached hydrogen (secondary N) is 1. The number of anilines is 2.